The number of hydrogen-bond donors (Lipinski definition) is 2. The van der Waals surface area contributed by atoms with Gasteiger partial charge in [-0.1, -0.05) is 12.1 Å². The highest BCUT2D eigenvalue weighted by Gasteiger charge is 2.17. The maximum atomic E-state index is 12.2. The maximum Gasteiger partial charge on any atom is 0.279 e. The van der Waals surface area contributed by atoms with Gasteiger partial charge in [-0.3, -0.25) is 20.4 Å². The molecule has 1 unspecified atom stereocenters. The van der Waals surface area contributed by atoms with E-state index in [9.17, 15) is 9.59 Å². The number of thiazole rings is 1. The maximum absolute atomic E-state index is 12.2. The van der Waals surface area contributed by atoms with Crippen LogP contribution in [0, 0.1) is 13.8 Å². The minimum atomic E-state index is -0.759. The summed E-state index contributed by atoms with van der Waals surface area (Å²) >= 11 is 1.39. The lowest BCUT2D eigenvalue weighted by Gasteiger charge is -2.17. The highest BCUT2D eigenvalue weighted by atomic mass is 32.1. The SMILES string of the molecule is Cc1cccc(OC(C)C(=O)NNC(=O)Cc2csc(-c3ccco3)n2)c1C. The fourth-order valence-corrected chi connectivity index (χ4v) is 3.23. The minimum Gasteiger partial charge on any atom is -0.481 e. The van der Waals surface area contributed by atoms with Crippen molar-refractivity contribution in [1.82, 2.24) is 15.8 Å². The molecule has 2 heterocycles. The summed E-state index contributed by atoms with van der Waals surface area (Å²) in [4.78, 5) is 28.6. The first-order valence-corrected chi connectivity index (χ1v) is 9.62. The van der Waals surface area contributed by atoms with E-state index in [4.69, 9.17) is 9.15 Å². The van der Waals surface area contributed by atoms with Crippen LogP contribution in [0.4, 0.5) is 0 Å². The van der Waals surface area contributed by atoms with Crippen LogP contribution in [-0.2, 0) is 16.0 Å². The van der Waals surface area contributed by atoms with Gasteiger partial charge in [-0.05, 0) is 50.1 Å². The van der Waals surface area contributed by atoms with Gasteiger partial charge in [0.05, 0.1) is 18.4 Å². The number of hydrogen-bond acceptors (Lipinski definition) is 6. The molecule has 0 bridgehead atoms. The number of nitrogens with zero attached hydrogens (tertiary/aromatic N) is 1. The normalized spacial score (nSPS) is 11.7. The van der Waals surface area contributed by atoms with E-state index in [1.807, 2.05) is 32.0 Å². The van der Waals surface area contributed by atoms with Gasteiger partial charge >= 0.3 is 0 Å². The Labute approximate surface area is 166 Å². The molecule has 0 saturated heterocycles. The Bertz CT molecular complexity index is 966. The number of furan rings is 1. The summed E-state index contributed by atoms with van der Waals surface area (Å²) in [6.45, 7) is 5.53. The second-order valence-corrected chi connectivity index (χ2v) is 7.15. The minimum absolute atomic E-state index is 0.0454. The van der Waals surface area contributed by atoms with Gasteiger partial charge in [0.25, 0.3) is 5.91 Å². The third kappa shape index (κ3) is 4.77. The first-order chi connectivity index (χ1) is 13.4. The third-order valence-corrected chi connectivity index (χ3v) is 5.08. The molecule has 0 aliphatic heterocycles. The smallest absolute Gasteiger partial charge is 0.279 e. The lowest BCUT2D eigenvalue weighted by Crippen LogP contribution is -2.47. The molecule has 0 aliphatic carbocycles. The van der Waals surface area contributed by atoms with Gasteiger partial charge in [0, 0.05) is 5.38 Å². The molecule has 3 rings (SSSR count). The van der Waals surface area contributed by atoms with Crippen molar-refractivity contribution in [2.75, 3.05) is 0 Å². The summed E-state index contributed by atoms with van der Waals surface area (Å²) in [6.07, 6.45) is 0.856. The van der Waals surface area contributed by atoms with Crippen molar-refractivity contribution in [2.45, 2.75) is 33.3 Å². The van der Waals surface area contributed by atoms with Crippen LogP contribution in [0.1, 0.15) is 23.7 Å². The fourth-order valence-electron chi connectivity index (χ4n) is 2.44. The van der Waals surface area contributed by atoms with E-state index in [-0.39, 0.29) is 12.3 Å². The Morgan fingerprint density at radius 3 is 2.79 bits per heavy atom. The van der Waals surface area contributed by atoms with Crippen molar-refractivity contribution in [3.63, 3.8) is 0 Å². The summed E-state index contributed by atoms with van der Waals surface area (Å²) in [5.41, 5.74) is 7.43. The molecule has 2 aromatic heterocycles. The number of aromatic nitrogens is 1. The zero-order valence-electron chi connectivity index (χ0n) is 15.8. The van der Waals surface area contributed by atoms with Gasteiger partial charge < -0.3 is 9.15 Å². The molecule has 1 atom stereocenters. The Kier molecular flexibility index (Phi) is 6.10. The van der Waals surface area contributed by atoms with Crippen molar-refractivity contribution >= 4 is 23.2 Å². The Morgan fingerprint density at radius 1 is 1.21 bits per heavy atom. The van der Waals surface area contributed by atoms with Crippen molar-refractivity contribution in [1.29, 1.82) is 0 Å². The highest BCUT2D eigenvalue weighted by molar-refractivity contribution is 7.13. The van der Waals surface area contributed by atoms with Crippen molar-refractivity contribution in [2.24, 2.45) is 0 Å². The van der Waals surface area contributed by atoms with E-state index in [0.717, 1.165) is 11.1 Å². The zero-order chi connectivity index (χ0) is 20.1. The molecule has 7 nitrogen and oxygen atoms in total. The summed E-state index contributed by atoms with van der Waals surface area (Å²) in [5, 5.41) is 2.48. The van der Waals surface area contributed by atoms with E-state index < -0.39 is 12.0 Å². The number of hydrazine groups is 1. The highest BCUT2D eigenvalue weighted by Crippen LogP contribution is 2.24. The van der Waals surface area contributed by atoms with Crippen LogP contribution in [-0.4, -0.2) is 22.9 Å². The Hall–Kier alpha value is -3.13. The van der Waals surface area contributed by atoms with E-state index in [2.05, 4.69) is 15.8 Å². The second kappa shape index (κ2) is 8.71. The molecule has 3 aromatic rings. The predicted molar refractivity (Wildman–Crippen MR) is 106 cm³/mol. The fraction of sp³-hybridized carbons (Fsp3) is 0.250. The molecular weight excluding hydrogens is 378 g/mol. The van der Waals surface area contributed by atoms with Crippen LogP contribution < -0.4 is 15.6 Å². The molecular formula is C20H21N3O4S. The van der Waals surface area contributed by atoms with Gasteiger partial charge in [0.2, 0.25) is 5.91 Å². The molecule has 2 N–H and O–H groups in total. The molecule has 8 heteroatoms. The average molecular weight is 399 g/mol. The first-order valence-electron chi connectivity index (χ1n) is 8.74. The number of rotatable bonds is 6. The van der Waals surface area contributed by atoms with Crippen LogP contribution in [0.25, 0.3) is 10.8 Å². The third-order valence-electron chi connectivity index (χ3n) is 4.18. The monoisotopic (exact) mass is 399 g/mol. The zero-order valence-corrected chi connectivity index (χ0v) is 16.6. The number of carbonyl (C=O) groups excluding carboxylic acids is 2. The van der Waals surface area contributed by atoms with Crippen molar-refractivity contribution in [3.05, 3.63) is 58.8 Å². The molecule has 0 spiro atoms. The van der Waals surface area contributed by atoms with Gasteiger partial charge in [-0.25, -0.2) is 4.98 Å². The molecule has 146 valence electrons. The van der Waals surface area contributed by atoms with Crippen LogP contribution in [0.3, 0.4) is 0 Å². The number of benzene rings is 1. The van der Waals surface area contributed by atoms with Crippen LogP contribution in [0.5, 0.6) is 5.75 Å². The van der Waals surface area contributed by atoms with E-state index in [0.29, 0.717) is 22.2 Å². The Morgan fingerprint density at radius 2 is 2.04 bits per heavy atom. The molecule has 28 heavy (non-hydrogen) atoms. The van der Waals surface area contributed by atoms with Crippen molar-refractivity contribution < 1.29 is 18.7 Å². The number of amides is 2. The number of ether oxygens (including phenoxy) is 1. The van der Waals surface area contributed by atoms with E-state index in [1.165, 1.54) is 11.3 Å². The van der Waals surface area contributed by atoms with Gasteiger partial charge in [0.15, 0.2) is 16.9 Å². The lowest BCUT2D eigenvalue weighted by atomic mass is 10.1. The summed E-state index contributed by atoms with van der Waals surface area (Å²) < 4.78 is 11.0. The standard InChI is InChI=1S/C20H21N3O4S/c1-12-6-4-7-16(13(12)2)27-14(3)19(25)23-22-18(24)10-15-11-28-20(21-15)17-8-5-9-26-17/h4-9,11,14H,10H2,1-3H3,(H,22,24)(H,23,25). The number of aryl methyl sites for hydroxylation is 1. The van der Waals surface area contributed by atoms with Crippen LogP contribution in [0.15, 0.2) is 46.4 Å². The van der Waals surface area contributed by atoms with Crippen molar-refractivity contribution in [3.8, 4) is 16.5 Å². The molecule has 1 aromatic carbocycles. The molecule has 0 saturated carbocycles. The van der Waals surface area contributed by atoms with Crippen LogP contribution in [0.2, 0.25) is 0 Å². The molecule has 2 amide bonds. The van der Waals surface area contributed by atoms with Gasteiger partial charge in [-0.15, -0.1) is 11.3 Å². The second-order valence-electron chi connectivity index (χ2n) is 6.29. The lowest BCUT2D eigenvalue weighted by molar-refractivity contribution is -0.132. The predicted octanol–water partition coefficient (Wildman–Crippen LogP) is 3.18. The first kappa shape index (κ1) is 19.6. The number of carbonyl (C=O) groups is 2. The van der Waals surface area contributed by atoms with Gasteiger partial charge in [-0.2, -0.15) is 0 Å². The van der Waals surface area contributed by atoms with E-state index >= 15 is 0 Å². The molecule has 0 radical (unpaired) electrons. The number of nitrogens with one attached hydrogen (secondary N) is 2. The average Bonchev–Trinajstić information content (AvgIpc) is 3.35. The summed E-state index contributed by atoms with van der Waals surface area (Å²) in [7, 11) is 0. The largest absolute Gasteiger partial charge is 0.481 e. The van der Waals surface area contributed by atoms with E-state index in [1.54, 1.807) is 30.7 Å². The summed E-state index contributed by atoms with van der Waals surface area (Å²) in [5.74, 6) is 0.483. The molecule has 0 fully saturated rings. The summed E-state index contributed by atoms with van der Waals surface area (Å²) in [6, 6.07) is 9.24. The topological polar surface area (TPSA) is 93.5 Å². The molecule has 0 aliphatic rings. The quantitative estimate of drug-likeness (QED) is 0.621. The van der Waals surface area contributed by atoms with Crippen LogP contribution >= 0.6 is 11.3 Å². The van der Waals surface area contributed by atoms with Gasteiger partial charge in [0.1, 0.15) is 5.75 Å². The Balaban J connectivity index is 1.48.